The van der Waals surface area contributed by atoms with Gasteiger partial charge in [-0.3, -0.25) is 0 Å². The third-order valence-corrected chi connectivity index (χ3v) is 3.84. The SMILES string of the molecule is C#CCOc1ccc(CCNC(=O)NCc2cc3ccccc3o2)cc1. The fraction of sp³-hybridized carbons (Fsp3) is 0.190. The zero-order valence-corrected chi connectivity index (χ0v) is 14.3. The highest BCUT2D eigenvalue weighted by atomic mass is 16.5. The van der Waals surface area contributed by atoms with E-state index in [1.54, 1.807) is 0 Å². The van der Waals surface area contributed by atoms with Crippen LogP contribution in [0.15, 0.2) is 59.0 Å². The van der Waals surface area contributed by atoms with Gasteiger partial charge < -0.3 is 19.8 Å². The summed E-state index contributed by atoms with van der Waals surface area (Å²) < 4.78 is 11.0. The molecule has 2 aromatic carbocycles. The molecule has 2 N–H and O–H groups in total. The van der Waals surface area contributed by atoms with E-state index in [2.05, 4.69) is 16.6 Å². The first-order chi connectivity index (χ1) is 12.7. The van der Waals surface area contributed by atoms with Crippen LogP contribution in [0.25, 0.3) is 11.0 Å². The summed E-state index contributed by atoms with van der Waals surface area (Å²) in [5, 5.41) is 6.66. The Morgan fingerprint density at radius 2 is 1.92 bits per heavy atom. The van der Waals surface area contributed by atoms with Crippen LogP contribution in [-0.4, -0.2) is 19.2 Å². The number of fused-ring (bicyclic) bond motifs is 1. The summed E-state index contributed by atoms with van der Waals surface area (Å²) in [5.41, 5.74) is 1.93. The summed E-state index contributed by atoms with van der Waals surface area (Å²) in [4.78, 5) is 11.9. The second kappa shape index (κ2) is 8.63. The van der Waals surface area contributed by atoms with E-state index in [0.29, 0.717) is 13.1 Å². The van der Waals surface area contributed by atoms with Crippen LogP contribution in [0.1, 0.15) is 11.3 Å². The van der Waals surface area contributed by atoms with Crippen molar-refractivity contribution in [3.05, 3.63) is 65.9 Å². The van der Waals surface area contributed by atoms with Crippen molar-refractivity contribution in [2.24, 2.45) is 0 Å². The predicted octanol–water partition coefficient (Wildman–Crippen LogP) is 3.49. The Labute approximate surface area is 152 Å². The second-order valence-electron chi connectivity index (χ2n) is 5.75. The average Bonchev–Trinajstić information content (AvgIpc) is 3.09. The zero-order valence-electron chi connectivity index (χ0n) is 14.3. The lowest BCUT2D eigenvalue weighted by Gasteiger charge is -2.07. The standard InChI is InChI=1S/C21H20N2O3/c1-2-13-25-18-9-7-16(8-10-18)11-12-22-21(24)23-15-19-14-17-5-3-4-6-20(17)26-19/h1,3-10,14H,11-13,15H2,(H2,22,23,24). The molecule has 5 heteroatoms. The number of ether oxygens (including phenoxy) is 1. The average molecular weight is 348 g/mol. The van der Waals surface area contributed by atoms with Crippen LogP contribution in [0.3, 0.4) is 0 Å². The molecule has 3 aromatic rings. The number of carbonyl (C=O) groups excluding carboxylic acids is 1. The maximum absolute atomic E-state index is 11.9. The second-order valence-corrected chi connectivity index (χ2v) is 5.75. The van der Waals surface area contributed by atoms with Crippen LogP contribution in [0.2, 0.25) is 0 Å². The van der Waals surface area contributed by atoms with Crippen molar-refractivity contribution in [2.45, 2.75) is 13.0 Å². The molecular weight excluding hydrogens is 328 g/mol. The molecule has 2 amide bonds. The number of hydrogen-bond acceptors (Lipinski definition) is 3. The van der Waals surface area contributed by atoms with Crippen LogP contribution in [0.4, 0.5) is 4.79 Å². The van der Waals surface area contributed by atoms with Crippen LogP contribution in [-0.2, 0) is 13.0 Å². The van der Waals surface area contributed by atoms with Gasteiger partial charge in [0, 0.05) is 11.9 Å². The lowest BCUT2D eigenvalue weighted by atomic mass is 10.1. The molecule has 0 bridgehead atoms. The van der Waals surface area contributed by atoms with Crippen molar-refractivity contribution in [3.63, 3.8) is 0 Å². The Hall–Kier alpha value is -3.39. The summed E-state index contributed by atoms with van der Waals surface area (Å²) in [7, 11) is 0. The van der Waals surface area contributed by atoms with E-state index in [9.17, 15) is 4.79 Å². The smallest absolute Gasteiger partial charge is 0.315 e. The maximum atomic E-state index is 11.9. The number of benzene rings is 2. The van der Waals surface area contributed by atoms with Gasteiger partial charge in [-0.1, -0.05) is 36.3 Å². The topological polar surface area (TPSA) is 63.5 Å². The first kappa shape index (κ1) is 17.4. The minimum atomic E-state index is -0.223. The minimum Gasteiger partial charge on any atom is -0.481 e. The van der Waals surface area contributed by atoms with Crippen molar-refractivity contribution < 1.29 is 13.9 Å². The molecule has 0 atom stereocenters. The normalized spacial score (nSPS) is 10.3. The molecule has 1 aromatic heterocycles. The number of rotatable bonds is 7. The fourth-order valence-corrected chi connectivity index (χ4v) is 2.55. The number of furan rings is 1. The molecule has 132 valence electrons. The molecule has 0 unspecified atom stereocenters. The van der Waals surface area contributed by atoms with Gasteiger partial charge in [-0.25, -0.2) is 4.79 Å². The Morgan fingerprint density at radius 1 is 1.12 bits per heavy atom. The van der Waals surface area contributed by atoms with Crippen molar-refractivity contribution in [2.75, 3.05) is 13.2 Å². The summed E-state index contributed by atoms with van der Waals surface area (Å²) in [6.45, 7) is 1.14. The fourth-order valence-electron chi connectivity index (χ4n) is 2.55. The molecule has 5 nitrogen and oxygen atoms in total. The van der Waals surface area contributed by atoms with Crippen molar-refractivity contribution >= 4 is 17.0 Å². The van der Waals surface area contributed by atoms with E-state index in [0.717, 1.165) is 34.5 Å². The van der Waals surface area contributed by atoms with Gasteiger partial charge in [0.05, 0.1) is 6.54 Å². The van der Waals surface area contributed by atoms with E-state index >= 15 is 0 Å². The molecule has 3 rings (SSSR count). The number of para-hydroxylation sites is 1. The number of carbonyl (C=O) groups is 1. The van der Waals surface area contributed by atoms with E-state index in [1.165, 1.54) is 0 Å². The number of amides is 2. The molecule has 0 spiro atoms. The van der Waals surface area contributed by atoms with Gasteiger partial charge in [0.25, 0.3) is 0 Å². The van der Waals surface area contributed by atoms with Gasteiger partial charge >= 0.3 is 6.03 Å². The quantitative estimate of drug-likeness (QED) is 0.643. The lowest BCUT2D eigenvalue weighted by molar-refractivity contribution is 0.240. The molecular formula is C21H20N2O3. The van der Waals surface area contributed by atoms with E-state index < -0.39 is 0 Å². The highest BCUT2D eigenvalue weighted by molar-refractivity contribution is 5.78. The summed E-state index contributed by atoms with van der Waals surface area (Å²) >= 11 is 0. The van der Waals surface area contributed by atoms with E-state index in [1.807, 2.05) is 54.6 Å². The molecule has 0 aliphatic carbocycles. The van der Waals surface area contributed by atoms with E-state index in [-0.39, 0.29) is 12.6 Å². The van der Waals surface area contributed by atoms with Gasteiger partial charge in [0.2, 0.25) is 0 Å². The van der Waals surface area contributed by atoms with Crippen LogP contribution < -0.4 is 15.4 Å². The largest absolute Gasteiger partial charge is 0.481 e. The first-order valence-corrected chi connectivity index (χ1v) is 8.39. The van der Waals surface area contributed by atoms with Gasteiger partial charge in [-0.05, 0) is 36.2 Å². The number of urea groups is 1. The van der Waals surface area contributed by atoms with Gasteiger partial charge in [-0.15, -0.1) is 6.42 Å². The highest BCUT2D eigenvalue weighted by Gasteiger charge is 2.05. The molecule has 1 heterocycles. The summed E-state index contributed by atoms with van der Waals surface area (Å²) in [5.74, 6) is 3.89. The number of nitrogens with one attached hydrogen (secondary N) is 2. The van der Waals surface area contributed by atoms with Crippen LogP contribution in [0.5, 0.6) is 5.75 Å². The third-order valence-electron chi connectivity index (χ3n) is 3.84. The maximum Gasteiger partial charge on any atom is 0.315 e. The summed E-state index contributed by atoms with van der Waals surface area (Å²) in [6, 6.07) is 17.1. The Morgan fingerprint density at radius 3 is 2.69 bits per heavy atom. The Kier molecular flexibility index (Phi) is 5.79. The molecule has 0 saturated heterocycles. The predicted molar refractivity (Wildman–Crippen MR) is 101 cm³/mol. The van der Waals surface area contributed by atoms with Crippen molar-refractivity contribution in [3.8, 4) is 18.1 Å². The minimum absolute atomic E-state index is 0.223. The third kappa shape index (κ3) is 4.81. The van der Waals surface area contributed by atoms with Crippen molar-refractivity contribution in [1.29, 1.82) is 0 Å². The number of hydrogen-bond donors (Lipinski definition) is 2. The molecule has 0 fully saturated rings. The van der Waals surface area contributed by atoms with Gasteiger partial charge in [0.1, 0.15) is 23.7 Å². The van der Waals surface area contributed by atoms with Gasteiger partial charge in [0.15, 0.2) is 0 Å². The number of terminal acetylenes is 1. The molecule has 0 aliphatic heterocycles. The summed E-state index contributed by atoms with van der Waals surface area (Å²) in [6.07, 6.45) is 5.88. The van der Waals surface area contributed by atoms with Crippen LogP contribution >= 0.6 is 0 Å². The lowest BCUT2D eigenvalue weighted by Crippen LogP contribution is -2.36. The van der Waals surface area contributed by atoms with Gasteiger partial charge in [-0.2, -0.15) is 0 Å². The molecule has 0 aliphatic rings. The molecule has 0 radical (unpaired) electrons. The van der Waals surface area contributed by atoms with Crippen molar-refractivity contribution in [1.82, 2.24) is 10.6 Å². The molecule has 26 heavy (non-hydrogen) atoms. The highest BCUT2D eigenvalue weighted by Crippen LogP contribution is 2.18. The van der Waals surface area contributed by atoms with E-state index in [4.69, 9.17) is 15.6 Å². The van der Waals surface area contributed by atoms with Crippen LogP contribution in [0, 0.1) is 12.3 Å². The molecule has 0 saturated carbocycles. The zero-order chi connectivity index (χ0) is 18.2. The first-order valence-electron chi connectivity index (χ1n) is 8.39. The Balaban J connectivity index is 1.39. The Bertz CT molecular complexity index is 874. The monoisotopic (exact) mass is 348 g/mol.